The highest BCUT2D eigenvalue weighted by atomic mass is 16.5. The standard InChI is InChI=1S/C44H47N3O4/c1-3-4-5-6-15-29-45-44(50)47(2)37-22-16-21-36(31-37)38-27-25-33(26-28-42(48)51-32-34-17-9-7-10-18-34)30-41(38)46-40-24-14-13-23-39(40)43(49)35-19-11-8-12-20-35/h7-14,16-25,27,30-31,46H,3-6,15,26,28-29,32H2,1-2H3,(H,45,50). The number of esters is 1. The quantitative estimate of drug-likeness (QED) is 0.0580. The van der Waals surface area contributed by atoms with E-state index in [0.717, 1.165) is 46.5 Å². The number of hydrogen-bond acceptors (Lipinski definition) is 5. The van der Waals surface area contributed by atoms with Crippen LogP contribution in [-0.4, -0.2) is 31.4 Å². The number of unbranched alkanes of at least 4 members (excludes halogenated alkanes) is 4. The summed E-state index contributed by atoms with van der Waals surface area (Å²) >= 11 is 0. The van der Waals surface area contributed by atoms with Crippen LogP contribution in [0.4, 0.5) is 21.9 Å². The Hall–Kier alpha value is -5.69. The minimum atomic E-state index is -0.272. The van der Waals surface area contributed by atoms with Gasteiger partial charge in [-0.3, -0.25) is 14.5 Å². The second kappa shape index (κ2) is 18.9. The molecule has 0 aliphatic rings. The fourth-order valence-electron chi connectivity index (χ4n) is 5.88. The molecule has 0 fully saturated rings. The molecule has 5 aromatic rings. The zero-order chi connectivity index (χ0) is 35.8. The lowest BCUT2D eigenvalue weighted by molar-refractivity contribution is -0.144. The number of carbonyl (C=O) groups excluding carboxylic acids is 3. The second-order valence-corrected chi connectivity index (χ2v) is 12.6. The maximum Gasteiger partial charge on any atom is 0.321 e. The number of rotatable bonds is 17. The molecule has 0 unspecified atom stereocenters. The number of aryl methyl sites for hydroxylation is 1. The fourth-order valence-corrected chi connectivity index (χ4v) is 5.88. The molecule has 0 aliphatic carbocycles. The van der Waals surface area contributed by atoms with Gasteiger partial charge in [-0.1, -0.05) is 130 Å². The Morgan fingerprint density at radius 1 is 0.686 bits per heavy atom. The number of anilines is 3. The van der Waals surface area contributed by atoms with Crippen molar-refractivity contribution in [1.29, 1.82) is 0 Å². The van der Waals surface area contributed by atoms with E-state index >= 15 is 0 Å². The highest BCUT2D eigenvalue weighted by molar-refractivity contribution is 6.12. The molecular formula is C44H47N3O4. The van der Waals surface area contributed by atoms with E-state index in [4.69, 9.17) is 4.74 Å². The molecule has 0 saturated carbocycles. The van der Waals surface area contributed by atoms with Crippen molar-refractivity contribution in [2.45, 2.75) is 58.5 Å². The lowest BCUT2D eigenvalue weighted by Crippen LogP contribution is -2.37. The smallest absolute Gasteiger partial charge is 0.321 e. The molecule has 0 aliphatic heterocycles. The highest BCUT2D eigenvalue weighted by Gasteiger charge is 2.17. The third-order valence-electron chi connectivity index (χ3n) is 8.83. The largest absolute Gasteiger partial charge is 0.461 e. The first-order chi connectivity index (χ1) is 24.9. The molecule has 0 saturated heterocycles. The summed E-state index contributed by atoms with van der Waals surface area (Å²) in [4.78, 5) is 41.0. The number of urea groups is 1. The number of nitrogens with one attached hydrogen (secondary N) is 2. The van der Waals surface area contributed by atoms with Gasteiger partial charge in [-0.05, 0) is 59.9 Å². The SMILES string of the molecule is CCCCCCCNC(=O)N(C)c1cccc(-c2ccc(CCC(=O)OCc3ccccc3)cc2Nc2ccccc2C(=O)c2ccccc2)c1. The molecule has 5 rings (SSSR count). The first-order valence-corrected chi connectivity index (χ1v) is 17.8. The van der Waals surface area contributed by atoms with Crippen molar-refractivity contribution >= 4 is 34.8 Å². The van der Waals surface area contributed by atoms with Gasteiger partial charge in [0.05, 0.1) is 0 Å². The van der Waals surface area contributed by atoms with Crippen LogP contribution in [-0.2, 0) is 22.6 Å². The summed E-state index contributed by atoms with van der Waals surface area (Å²) in [5, 5.41) is 6.60. The van der Waals surface area contributed by atoms with Crippen LogP contribution in [0.15, 0.2) is 127 Å². The van der Waals surface area contributed by atoms with Gasteiger partial charge in [-0.2, -0.15) is 0 Å². The Morgan fingerprint density at radius 3 is 2.20 bits per heavy atom. The third-order valence-corrected chi connectivity index (χ3v) is 8.83. The van der Waals surface area contributed by atoms with Gasteiger partial charge in [-0.15, -0.1) is 0 Å². The van der Waals surface area contributed by atoms with Gasteiger partial charge in [0.1, 0.15) is 6.61 Å². The van der Waals surface area contributed by atoms with Gasteiger partial charge < -0.3 is 15.4 Å². The number of amides is 2. The summed E-state index contributed by atoms with van der Waals surface area (Å²) in [7, 11) is 1.77. The molecule has 2 amide bonds. The van der Waals surface area contributed by atoms with Gasteiger partial charge in [0.15, 0.2) is 5.78 Å². The minimum absolute atomic E-state index is 0.0856. The van der Waals surface area contributed by atoms with Crippen molar-refractivity contribution in [2.24, 2.45) is 0 Å². The fraction of sp³-hybridized carbons (Fsp3) is 0.250. The number of hydrogen-bond donors (Lipinski definition) is 2. The Balaban J connectivity index is 1.38. The zero-order valence-corrected chi connectivity index (χ0v) is 29.6. The van der Waals surface area contributed by atoms with Crippen LogP contribution >= 0.6 is 0 Å². The Morgan fingerprint density at radius 2 is 1.41 bits per heavy atom. The number of carbonyl (C=O) groups is 3. The summed E-state index contributed by atoms with van der Waals surface area (Å²) in [5.74, 6) is -0.358. The number of ketones is 1. The monoisotopic (exact) mass is 681 g/mol. The number of benzene rings is 5. The Kier molecular flexibility index (Phi) is 13.6. The van der Waals surface area contributed by atoms with Gasteiger partial charge in [0.25, 0.3) is 0 Å². The number of para-hydroxylation sites is 1. The van der Waals surface area contributed by atoms with E-state index < -0.39 is 0 Å². The topological polar surface area (TPSA) is 87.7 Å². The summed E-state index contributed by atoms with van der Waals surface area (Å²) in [5.41, 5.74) is 7.01. The van der Waals surface area contributed by atoms with Crippen molar-refractivity contribution in [1.82, 2.24) is 5.32 Å². The van der Waals surface area contributed by atoms with E-state index in [9.17, 15) is 14.4 Å². The normalized spacial score (nSPS) is 10.7. The van der Waals surface area contributed by atoms with Crippen molar-refractivity contribution in [3.63, 3.8) is 0 Å². The van der Waals surface area contributed by atoms with E-state index in [-0.39, 0.29) is 30.8 Å². The Bertz CT molecular complexity index is 1890. The van der Waals surface area contributed by atoms with Crippen molar-refractivity contribution < 1.29 is 19.1 Å². The van der Waals surface area contributed by atoms with E-state index in [1.54, 1.807) is 11.9 Å². The molecule has 5 aromatic carbocycles. The van der Waals surface area contributed by atoms with E-state index in [1.165, 1.54) is 19.3 Å². The average Bonchev–Trinajstić information content (AvgIpc) is 3.18. The number of nitrogens with zero attached hydrogens (tertiary/aromatic N) is 1. The average molecular weight is 682 g/mol. The lowest BCUT2D eigenvalue weighted by atomic mass is 9.97. The van der Waals surface area contributed by atoms with Gasteiger partial charge in [0.2, 0.25) is 0 Å². The highest BCUT2D eigenvalue weighted by Crippen LogP contribution is 2.35. The molecule has 0 radical (unpaired) electrons. The molecule has 0 aromatic heterocycles. The molecule has 0 spiro atoms. The van der Waals surface area contributed by atoms with Gasteiger partial charge in [-0.25, -0.2) is 4.79 Å². The summed E-state index contributed by atoms with van der Waals surface area (Å²) in [6.45, 7) is 3.07. The van der Waals surface area contributed by atoms with Crippen LogP contribution in [0.2, 0.25) is 0 Å². The molecule has 2 N–H and O–H groups in total. The predicted molar refractivity (Wildman–Crippen MR) is 207 cm³/mol. The second-order valence-electron chi connectivity index (χ2n) is 12.6. The summed E-state index contributed by atoms with van der Waals surface area (Å²) in [6.07, 6.45) is 6.36. The van der Waals surface area contributed by atoms with Crippen LogP contribution < -0.4 is 15.5 Å². The Labute approximate surface area is 301 Å². The van der Waals surface area contributed by atoms with Crippen LogP contribution in [0.5, 0.6) is 0 Å². The van der Waals surface area contributed by atoms with Crippen molar-refractivity contribution in [2.75, 3.05) is 23.8 Å². The van der Waals surface area contributed by atoms with Gasteiger partial charge >= 0.3 is 12.0 Å². The minimum Gasteiger partial charge on any atom is -0.461 e. The molecule has 7 nitrogen and oxygen atoms in total. The van der Waals surface area contributed by atoms with Crippen molar-refractivity contribution in [3.8, 4) is 11.1 Å². The molecule has 0 heterocycles. The first-order valence-electron chi connectivity index (χ1n) is 17.8. The summed E-state index contributed by atoms with van der Waals surface area (Å²) in [6, 6.07) is 40.1. The van der Waals surface area contributed by atoms with Gasteiger partial charge in [0, 0.05) is 53.8 Å². The lowest BCUT2D eigenvalue weighted by Gasteiger charge is -2.20. The van der Waals surface area contributed by atoms with Crippen LogP contribution in [0.1, 0.15) is 72.5 Å². The van der Waals surface area contributed by atoms with Crippen LogP contribution in [0.25, 0.3) is 11.1 Å². The molecule has 7 heteroatoms. The van der Waals surface area contributed by atoms with E-state index in [0.29, 0.717) is 29.8 Å². The maximum absolute atomic E-state index is 13.6. The third kappa shape index (κ3) is 10.6. The van der Waals surface area contributed by atoms with E-state index in [2.05, 4.69) is 17.6 Å². The molecule has 262 valence electrons. The molecule has 0 bridgehead atoms. The maximum atomic E-state index is 13.6. The molecular weight excluding hydrogens is 635 g/mol. The predicted octanol–water partition coefficient (Wildman–Crippen LogP) is 10.1. The summed E-state index contributed by atoms with van der Waals surface area (Å²) < 4.78 is 5.52. The molecule has 0 atom stereocenters. The van der Waals surface area contributed by atoms with Crippen LogP contribution in [0, 0.1) is 0 Å². The van der Waals surface area contributed by atoms with E-state index in [1.807, 2.05) is 127 Å². The van der Waals surface area contributed by atoms with Crippen molar-refractivity contribution in [3.05, 3.63) is 150 Å². The number of ether oxygens (including phenoxy) is 1. The molecule has 51 heavy (non-hydrogen) atoms. The first kappa shape index (κ1) is 36.6. The zero-order valence-electron chi connectivity index (χ0n) is 29.6. The van der Waals surface area contributed by atoms with Crippen LogP contribution in [0.3, 0.4) is 0 Å².